The number of ether oxygens (including phenoxy) is 3. The lowest BCUT2D eigenvalue weighted by atomic mass is 9.88. The fourth-order valence-corrected chi connectivity index (χ4v) is 5.54. The van der Waals surface area contributed by atoms with E-state index in [1.54, 1.807) is 0 Å². The lowest BCUT2D eigenvalue weighted by Gasteiger charge is -2.27. The van der Waals surface area contributed by atoms with Crippen LogP contribution in [0.4, 0.5) is 43.9 Å². The molecule has 2 atom stereocenters. The van der Waals surface area contributed by atoms with Gasteiger partial charge < -0.3 is 14.2 Å². The summed E-state index contributed by atoms with van der Waals surface area (Å²) in [5, 5.41) is 0. The molecule has 1 heterocycles. The van der Waals surface area contributed by atoms with E-state index < -0.39 is 64.2 Å². The van der Waals surface area contributed by atoms with Crippen LogP contribution in [-0.2, 0) is 12.5 Å². The van der Waals surface area contributed by atoms with Gasteiger partial charge in [0.2, 0.25) is 5.75 Å². The van der Waals surface area contributed by atoms with E-state index in [2.05, 4.69) is 23.3 Å². The van der Waals surface area contributed by atoms with Crippen molar-refractivity contribution in [1.29, 1.82) is 0 Å². The molecule has 0 aliphatic carbocycles. The number of benzene rings is 3. The molecule has 3 aromatic carbocycles. The number of halogens is 10. The first-order chi connectivity index (χ1) is 21.1. The lowest BCUT2D eigenvalue weighted by molar-refractivity contribution is -0.276. The van der Waals surface area contributed by atoms with Crippen molar-refractivity contribution >= 4 is 0 Å². The van der Waals surface area contributed by atoms with E-state index in [9.17, 15) is 39.5 Å². The van der Waals surface area contributed by atoms with Crippen molar-refractivity contribution in [2.75, 3.05) is 6.61 Å². The predicted octanol–water partition coefficient (Wildman–Crippen LogP) is 10.6. The predicted molar refractivity (Wildman–Crippen MR) is 145 cm³/mol. The molecule has 3 nitrogen and oxygen atoms in total. The summed E-state index contributed by atoms with van der Waals surface area (Å²) in [6.45, 7) is 4.67. The van der Waals surface area contributed by atoms with E-state index in [1.165, 1.54) is 18.6 Å². The second kappa shape index (κ2) is 13.8. The monoisotopic (exact) mass is 652 g/mol. The van der Waals surface area contributed by atoms with Gasteiger partial charge >= 0.3 is 12.5 Å². The van der Waals surface area contributed by atoms with Crippen molar-refractivity contribution in [2.24, 2.45) is 11.8 Å². The number of rotatable bonds is 12. The topological polar surface area (TPSA) is 27.7 Å². The van der Waals surface area contributed by atoms with Gasteiger partial charge in [-0.3, -0.25) is 0 Å². The molecule has 0 spiro atoms. The average Bonchev–Trinajstić information content (AvgIpc) is 2.92. The summed E-state index contributed by atoms with van der Waals surface area (Å²) in [5.74, 6) is -11.0. The van der Waals surface area contributed by atoms with Gasteiger partial charge in [-0.1, -0.05) is 46.0 Å². The lowest BCUT2D eigenvalue weighted by Crippen LogP contribution is -2.25. The first-order valence-electron chi connectivity index (χ1n) is 14.4. The standard InChI is InChI=1S/C32H30F10O3/c1-3-6-17(4-2)7-5-8-18-9-20-12-23(33)22(15-28(20)43-16-18)19-10-24(34)29(25(35)11-19)31(38,39)44-21-13-26(36)30(27(37)14-21)45-32(40,41)42/h10-15,17-18H,3-9,16H2,1-2H3. The molecule has 246 valence electrons. The molecule has 0 radical (unpaired) electrons. The van der Waals surface area contributed by atoms with E-state index in [0.717, 1.165) is 32.1 Å². The highest BCUT2D eigenvalue weighted by Gasteiger charge is 2.42. The zero-order valence-electron chi connectivity index (χ0n) is 24.3. The minimum Gasteiger partial charge on any atom is -0.493 e. The molecule has 0 N–H and O–H groups in total. The van der Waals surface area contributed by atoms with Gasteiger partial charge in [0.25, 0.3) is 0 Å². The molecule has 0 amide bonds. The highest BCUT2D eigenvalue weighted by Crippen LogP contribution is 2.41. The molecule has 4 rings (SSSR count). The fourth-order valence-electron chi connectivity index (χ4n) is 5.54. The van der Waals surface area contributed by atoms with Crippen molar-refractivity contribution in [3.63, 3.8) is 0 Å². The molecule has 1 aliphatic heterocycles. The van der Waals surface area contributed by atoms with Crippen molar-refractivity contribution in [3.05, 3.63) is 76.6 Å². The van der Waals surface area contributed by atoms with Crippen molar-refractivity contribution in [3.8, 4) is 28.4 Å². The molecule has 2 unspecified atom stereocenters. The minimum absolute atomic E-state index is 0.0797. The first kappa shape index (κ1) is 34.2. The van der Waals surface area contributed by atoms with Crippen LogP contribution in [0.15, 0.2) is 36.4 Å². The molecular weight excluding hydrogens is 622 g/mol. The van der Waals surface area contributed by atoms with Gasteiger partial charge in [0, 0.05) is 17.7 Å². The summed E-state index contributed by atoms with van der Waals surface area (Å²) in [6.07, 6.45) is -3.49. The summed E-state index contributed by atoms with van der Waals surface area (Å²) >= 11 is 0. The Morgan fingerprint density at radius 2 is 1.44 bits per heavy atom. The van der Waals surface area contributed by atoms with Crippen LogP contribution in [-0.4, -0.2) is 13.0 Å². The molecule has 0 aromatic heterocycles. The maximum atomic E-state index is 15.2. The molecule has 0 bridgehead atoms. The van der Waals surface area contributed by atoms with E-state index in [1.807, 2.05) is 0 Å². The van der Waals surface area contributed by atoms with Gasteiger partial charge in [-0.15, -0.1) is 13.2 Å². The second-order valence-corrected chi connectivity index (χ2v) is 11.0. The van der Waals surface area contributed by atoms with Gasteiger partial charge in [0.15, 0.2) is 11.6 Å². The number of alkyl halides is 5. The second-order valence-electron chi connectivity index (χ2n) is 11.0. The highest BCUT2D eigenvalue weighted by atomic mass is 19.4. The van der Waals surface area contributed by atoms with E-state index in [0.29, 0.717) is 42.4 Å². The van der Waals surface area contributed by atoms with E-state index in [-0.39, 0.29) is 23.6 Å². The van der Waals surface area contributed by atoms with Gasteiger partial charge in [-0.25, -0.2) is 22.0 Å². The Labute approximate surface area is 253 Å². The third kappa shape index (κ3) is 8.35. The fraction of sp³-hybridized carbons (Fsp3) is 0.438. The van der Waals surface area contributed by atoms with Crippen molar-refractivity contribution in [2.45, 2.75) is 71.3 Å². The average molecular weight is 653 g/mol. The van der Waals surface area contributed by atoms with Gasteiger partial charge in [-0.05, 0) is 60.1 Å². The minimum atomic E-state index is -5.50. The summed E-state index contributed by atoms with van der Waals surface area (Å²) in [4.78, 5) is 0. The van der Waals surface area contributed by atoms with Crippen LogP contribution >= 0.6 is 0 Å². The Balaban J connectivity index is 1.51. The zero-order chi connectivity index (χ0) is 33.1. The molecule has 3 aromatic rings. The number of fused-ring (bicyclic) bond motifs is 1. The Morgan fingerprint density at radius 3 is 2.02 bits per heavy atom. The van der Waals surface area contributed by atoms with E-state index in [4.69, 9.17) is 4.74 Å². The van der Waals surface area contributed by atoms with Gasteiger partial charge in [0.1, 0.15) is 34.5 Å². The Morgan fingerprint density at radius 1 is 0.800 bits per heavy atom. The Bertz CT molecular complexity index is 1460. The van der Waals surface area contributed by atoms with Crippen LogP contribution in [0.2, 0.25) is 0 Å². The summed E-state index contributed by atoms with van der Waals surface area (Å²) in [6, 6.07) is 3.10. The molecule has 45 heavy (non-hydrogen) atoms. The van der Waals surface area contributed by atoms with Gasteiger partial charge in [-0.2, -0.15) is 8.78 Å². The third-order valence-electron chi connectivity index (χ3n) is 7.71. The maximum absolute atomic E-state index is 15.2. The van der Waals surface area contributed by atoms with Crippen LogP contribution in [0.1, 0.15) is 63.5 Å². The van der Waals surface area contributed by atoms with Crippen molar-refractivity contribution in [1.82, 2.24) is 0 Å². The summed E-state index contributed by atoms with van der Waals surface area (Å²) in [5.41, 5.74) is -2.18. The summed E-state index contributed by atoms with van der Waals surface area (Å²) in [7, 11) is 0. The Hall–Kier alpha value is -3.64. The van der Waals surface area contributed by atoms with E-state index >= 15 is 4.39 Å². The highest BCUT2D eigenvalue weighted by molar-refractivity contribution is 5.68. The quantitative estimate of drug-likeness (QED) is 0.182. The van der Waals surface area contributed by atoms with Crippen molar-refractivity contribution < 1.29 is 58.1 Å². The smallest absolute Gasteiger partial charge is 0.493 e. The molecule has 0 fully saturated rings. The SMILES string of the molecule is CCCC(CC)CCCC1COc2cc(-c3cc(F)c(C(F)(F)Oc4cc(F)c(OC(F)(F)F)c(F)c4)c(F)c3)c(F)cc2C1. The maximum Gasteiger partial charge on any atom is 0.573 e. The molecular formula is C32H30F10O3. The van der Waals surface area contributed by atoms with Crippen LogP contribution in [0, 0.1) is 40.9 Å². The zero-order valence-corrected chi connectivity index (χ0v) is 24.3. The molecule has 13 heteroatoms. The first-order valence-corrected chi connectivity index (χ1v) is 14.4. The molecule has 0 saturated carbocycles. The van der Waals surface area contributed by atoms with Crippen LogP contribution in [0.3, 0.4) is 0 Å². The third-order valence-corrected chi connectivity index (χ3v) is 7.71. The van der Waals surface area contributed by atoms with Crippen LogP contribution in [0.5, 0.6) is 17.2 Å². The van der Waals surface area contributed by atoms with Gasteiger partial charge in [0.05, 0.1) is 6.61 Å². The Kier molecular flexibility index (Phi) is 10.5. The number of hydrogen-bond donors (Lipinski definition) is 0. The molecule has 0 saturated heterocycles. The molecule has 1 aliphatic rings. The normalized spacial score (nSPS) is 15.8. The number of hydrogen-bond acceptors (Lipinski definition) is 3. The summed E-state index contributed by atoms with van der Waals surface area (Å²) < 4.78 is 153. The largest absolute Gasteiger partial charge is 0.573 e. The van der Waals surface area contributed by atoms with Crippen LogP contribution in [0.25, 0.3) is 11.1 Å². The van der Waals surface area contributed by atoms with Crippen LogP contribution < -0.4 is 14.2 Å².